The van der Waals surface area contributed by atoms with E-state index < -0.39 is 5.60 Å². The molecule has 0 radical (unpaired) electrons. The summed E-state index contributed by atoms with van der Waals surface area (Å²) in [4.78, 5) is 6.44. The number of fused-ring (bicyclic) bond motifs is 2. The molecule has 1 aliphatic heterocycles. The van der Waals surface area contributed by atoms with Crippen LogP contribution in [0.15, 0.2) is 71.5 Å². The van der Waals surface area contributed by atoms with Gasteiger partial charge in [-0.25, -0.2) is 9.37 Å². The van der Waals surface area contributed by atoms with Gasteiger partial charge in [0.05, 0.1) is 6.61 Å². The third-order valence-corrected chi connectivity index (χ3v) is 6.23. The Bertz CT molecular complexity index is 1230. The van der Waals surface area contributed by atoms with Gasteiger partial charge < -0.3 is 14.1 Å². The Labute approximate surface area is 181 Å². The minimum absolute atomic E-state index is 0.173. The third-order valence-electron chi connectivity index (χ3n) is 6.23. The maximum atomic E-state index is 13.7. The lowest BCUT2D eigenvalue weighted by Gasteiger charge is -2.37. The first-order valence-electron chi connectivity index (χ1n) is 10.5. The number of oxazole rings is 1. The average molecular weight is 416 g/mol. The van der Waals surface area contributed by atoms with Crippen molar-refractivity contribution in [3.05, 3.63) is 89.6 Å². The summed E-state index contributed by atoms with van der Waals surface area (Å²) < 4.78 is 25.6. The lowest BCUT2D eigenvalue weighted by atomic mass is 9.76. The second kappa shape index (κ2) is 7.59. The Morgan fingerprint density at radius 2 is 1.77 bits per heavy atom. The number of hydrogen-bond donors (Lipinski definition) is 0. The second-order valence-electron chi connectivity index (χ2n) is 8.60. The molecule has 0 amide bonds. The van der Waals surface area contributed by atoms with E-state index in [0.717, 1.165) is 45.5 Å². The highest BCUT2D eigenvalue weighted by molar-refractivity contribution is 5.80. The summed E-state index contributed by atoms with van der Waals surface area (Å²) in [7, 11) is 4.13. The molecule has 2 atom stereocenters. The van der Waals surface area contributed by atoms with Crippen molar-refractivity contribution in [3.8, 4) is 11.1 Å². The molecule has 3 aromatic carbocycles. The van der Waals surface area contributed by atoms with E-state index in [4.69, 9.17) is 9.15 Å². The summed E-state index contributed by atoms with van der Waals surface area (Å²) in [5, 5.41) is 0. The molecule has 0 saturated heterocycles. The van der Waals surface area contributed by atoms with Crippen molar-refractivity contribution in [3.63, 3.8) is 0 Å². The Kier molecular flexibility index (Phi) is 4.88. The zero-order valence-electron chi connectivity index (χ0n) is 17.9. The summed E-state index contributed by atoms with van der Waals surface area (Å²) in [6.07, 6.45) is 1.47. The largest absolute Gasteiger partial charge is 0.443 e. The number of rotatable bonds is 5. The highest BCUT2D eigenvalue weighted by Gasteiger charge is 2.46. The van der Waals surface area contributed by atoms with Crippen molar-refractivity contribution in [1.29, 1.82) is 0 Å². The Morgan fingerprint density at radius 1 is 1.03 bits per heavy atom. The normalized spacial score (nSPS) is 19.1. The average Bonchev–Trinajstić information content (AvgIpc) is 3.38. The van der Waals surface area contributed by atoms with E-state index in [2.05, 4.69) is 49.1 Å². The molecule has 4 nitrogen and oxygen atoms in total. The standard InChI is InChI=1S/C26H25FN2O2/c1-17(14-29(2)3)26(21-6-8-22(27)9-7-21)23-10-4-18(12-20(23)15-31-26)19-5-11-25-24(13-19)28-16-30-25/h4-13,16-17H,14-15H2,1-3H3. The summed E-state index contributed by atoms with van der Waals surface area (Å²) in [5.74, 6) is -0.0671. The molecule has 1 aliphatic rings. The first kappa shape index (κ1) is 19.9. The molecular weight excluding hydrogens is 391 g/mol. The zero-order chi connectivity index (χ0) is 21.6. The van der Waals surface area contributed by atoms with Gasteiger partial charge in [-0.15, -0.1) is 0 Å². The Balaban J connectivity index is 1.60. The van der Waals surface area contributed by atoms with Gasteiger partial charge in [0.25, 0.3) is 0 Å². The number of benzene rings is 3. The minimum Gasteiger partial charge on any atom is -0.443 e. The van der Waals surface area contributed by atoms with Crippen LogP contribution in [-0.2, 0) is 16.9 Å². The minimum atomic E-state index is -0.609. The van der Waals surface area contributed by atoms with Gasteiger partial charge in [-0.3, -0.25) is 0 Å². The quantitative estimate of drug-likeness (QED) is 0.424. The van der Waals surface area contributed by atoms with Crippen molar-refractivity contribution >= 4 is 11.1 Å². The van der Waals surface area contributed by atoms with E-state index in [1.807, 2.05) is 30.3 Å². The van der Waals surface area contributed by atoms with Crippen LogP contribution in [0, 0.1) is 11.7 Å². The fourth-order valence-electron chi connectivity index (χ4n) is 4.87. The van der Waals surface area contributed by atoms with Crippen molar-refractivity contribution in [2.75, 3.05) is 20.6 Å². The molecule has 0 aliphatic carbocycles. The number of ether oxygens (including phenoxy) is 1. The van der Waals surface area contributed by atoms with Crippen molar-refractivity contribution in [2.24, 2.45) is 5.92 Å². The number of nitrogens with zero attached hydrogens (tertiary/aromatic N) is 2. The molecule has 0 bridgehead atoms. The van der Waals surface area contributed by atoms with E-state index >= 15 is 0 Å². The lowest BCUT2D eigenvalue weighted by molar-refractivity contribution is -0.0505. The fraction of sp³-hybridized carbons (Fsp3) is 0.269. The van der Waals surface area contributed by atoms with Crippen LogP contribution >= 0.6 is 0 Å². The number of halogens is 1. The Morgan fingerprint density at radius 3 is 2.55 bits per heavy atom. The van der Waals surface area contributed by atoms with E-state index in [-0.39, 0.29) is 11.7 Å². The van der Waals surface area contributed by atoms with Gasteiger partial charge in [0.15, 0.2) is 12.0 Å². The van der Waals surface area contributed by atoms with Gasteiger partial charge in [-0.05, 0) is 72.2 Å². The first-order chi connectivity index (χ1) is 15.0. The molecule has 5 rings (SSSR count). The van der Waals surface area contributed by atoms with Crippen LogP contribution in [0.5, 0.6) is 0 Å². The maximum Gasteiger partial charge on any atom is 0.181 e. The van der Waals surface area contributed by atoms with Gasteiger partial charge in [0.2, 0.25) is 0 Å². The second-order valence-corrected chi connectivity index (χ2v) is 8.60. The van der Waals surface area contributed by atoms with Crippen molar-refractivity contribution in [1.82, 2.24) is 9.88 Å². The predicted molar refractivity (Wildman–Crippen MR) is 119 cm³/mol. The molecule has 2 heterocycles. The molecule has 1 aromatic heterocycles. The Hall–Kier alpha value is -3.02. The van der Waals surface area contributed by atoms with Crippen LogP contribution in [-0.4, -0.2) is 30.5 Å². The SMILES string of the molecule is CC(CN(C)C)C1(c2ccc(F)cc2)OCc2cc(-c3ccc4ocnc4c3)ccc21. The number of hydrogen-bond acceptors (Lipinski definition) is 4. The summed E-state index contributed by atoms with van der Waals surface area (Å²) in [5.41, 5.74) is 6.51. The smallest absolute Gasteiger partial charge is 0.181 e. The van der Waals surface area contributed by atoms with Gasteiger partial charge in [-0.1, -0.05) is 37.3 Å². The molecule has 0 spiro atoms. The highest BCUT2D eigenvalue weighted by Crippen LogP contribution is 2.48. The van der Waals surface area contributed by atoms with Crippen LogP contribution in [0.2, 0.25) is 0 Å². The van der Waals surface area contributed by atoms with Crippen molar-refractivity contribution < 1.29 is 13.5 Å². The monoisotopic (exact) mass is 416 g/mol. The van der Waals surface area contributed by atoms with Gasteiger partial charge >= 0.3 is 0 Å². The van der Waals surface area contributed by atoms with Gasteiger partial charge in [0, 0.05) is 12.5 Å². The van der Waals surface area contributed by atoms with E-state index in [1.165, 1.54) is 18.5 Å². The van der Waals surface area contributed by atoms with Gasteiger partial charge in [0.1, 0.15) is 16.9 Å². The van der Waals surface area contributed by atoms with Crippen LogP contribution in [0.1, 0.15) is 23.6 Å². The predicted octanol–water partition coefficient (Wildman–Crippen LogP) is 5.61. The summed E-state index contributed by atoms with van der Waals surface area (Å²) in [6, 6.07) is 19.3. The molecule has 2 unspecified atom stereocenters. The molecule has 0 saturated carbocycles. The van der Waals surface area contributed by atoms with Crippen LogP contribution in [0.4, 0.5) is 4.39 Å². The van der Waals surface area contributed by atoms with Crippen molar-refractivity contribution in [2.45, 2.75) is 19.1 Å². The molecule has 0 fully saturated rings. The number of aromatic nitrogens is 1. The molecular formula is C26H25FN2O2. The van der Waals surface area contributed by atoms with E-state index in [1.54, 1.807) is 0 Å². The topological polar surface area (TPSA) is 38.5 Å². The summed E-state index contributed by atoms with van der Waals surface area (Å²) in [6.45, 7) is 3.57. The lowest BCUT2D eigenvalue weighted by Crippen LogP contribution is -2.40. The fourth-order valence-corrected chi connectivity index (χ4v) is 4.87. The third kappa shape index (κ3) is 3.34. The maximum absolute atomic E-state index is 13.7. The van der Waals surface area contributed by atoms with Gasteiger partial charge in [-0.2, -0.15) is 0 Å². The first-order valence-corrected chi connectivity index (χ1v) is 10.5. The molecule has 0 N–H and O–H groups in total. The van der Waals surface area contributed by atoms with E-state index in [9.17, 15) is 4.39 Å². The molecule has 31 heavy (non-hydrogen) atoms. The molecule has 4 aromatic rings. The van der Waals surface area contributed by atoms with E-state index in [0.29, 0.717) is 6.61 Å². The highest BCUT2D eigenvalue weighted by atomic mass is 19.1. The summed E-state index contributed by atoms with van der Waals surface area (Å²) >= 11 is 0. The molecule has 5 heteroatoms. The van der Waals surface area contributed by atoms with Crippen LogP contribution < -0.4 is 0 Å². The zero-order valence-corrected chi connectivity index (χ0v) is 17.9. The molecule has 158 valence electrons. The van der Waals surface area contributed by atoms with Crippen LogP contribution in [0.3, 0.4) is 0 Å². The van der Waals surface area contributed by atoms with Crippen LogP contribution in [0.25, 0.3) is 22.2 Å².